The van der Waals surface area contributed by atoms with Crippen LogP contribution >= 0.6 is 23.2 Å². The lowest BCUT2D eigenvalue weighted by Crippen LogP contribution is -2.36. The first-order valence-electron chi connectivity index (χ1n) is 16.4. The number of alkyl carbamates (subject to hydrolysis) is 1. The molecule has 8 rings (SSSR count). The summed E-state index contributed by atoms with van der Waals surface area (Å²) in [4.78, 5) is 25.2. The molecule has 2 aliphatic heterocycles. The first-order chi connectivity index (χ1) is 23.4. The molecule has 5 aromatic rings. The Morgan fingerprint density at radius 2 is 1.94 bits per heavy atom. The Balaban J connectivity index is 1.06. The highest BCUT2D eigenvalue weighted by Crippen LogP contribution is 2.63. The van der Waals surface area contributed by atoms with Gasteiger partial charge in [-0.25, -0.2) is 19.4 Å². The maximum Gasteiger partial charge on any atom is 0.407 e. The Kier molecular flexibility index (Phi) is 8.22. The fourth-order valence-corrected chi connectivity index (χ4v) is 8.00. The van der Waals surface area contributed by atoms with Crippen LogP contribution in [0.4, 0.5) is 10.6 Å². The van der Waals surface area contributed by atoms with Crippen LogP contribution in [0.1, 0.15) is 43.2 Å². The van der Waals surface area contributed by atoms with Gasteiger partial charge < -0.3 is 19.7 Å². The standard InChI is InChI=1S/C35H36Cl2N8O3/c1-43-15-14-27(41-43)35(21-39-34(46)48-20-22-8-3-2-4-9-22)24-13-16-44(19-25(24)35)28-18-38-32-31(23-10-7-11-26(36)30(23)37)42-45(33(32)40-28)29-12-5-6-17-47-29/h2-4,7-11,14-15,18,24-25,29H,5-6,12-13,16-17,19-21H2,1H3,(H,39,46). The molecule has 4 atom stereocenters. The van der Waals surface area contributed by atoms with E-state index >= 15 is 0 Å². The number of anilines is 1. The molecule has 3 aliphatic rings. The van der Waals surface area contributed by atoms with Crippen LogP contribution in [0.3, 0.4) is 0 Å². The normalized spacial score (nSPS) is 23.6. The monoisotopic (exact) mass is 686 g/mol. The zero-order valence-electron chi connectivity index (χ0n) is 26.6. The molecule has 248 valence electrons. The number of aromatic nitrogens is 6. The van der Waals surface area contributed by atoms with Gasteiger partial charge in [-0.2, -0.15) is 10.2 Å². The highest BCUT2D eigenvalue weighted by atomic mass is 35.5. The minimum absolute atomic E-state index is 0.221. The minimum atomic E-state index is -0.431. The van der Waals surface area contributed by atoms with Crippen molar-refractivity contribution in [3.8, 4) is 11.3 Å². The maximum atomic E-state index is 12.8. The summed E-state index contributed by atoms with van der Waals surface area (Å²) in [5.41, 5.74) is 4.28. The summed E-state index contributed by atoms with van der Waals surface area (Å²) >= 11 is 13.1. The maximum absolute atomic E-state index is 12.8. The average Bonchev–Trinajstić information content (AvgIpc) is 3.34. The van der Waals surface area contributed by atoms with Crippen molar-refractivity contribution >= 4 is 46.3 Å². The number of halogens is 2. The van der Waals surface area contributed by atoms with E-state index in [-0.39, 0.29) is 24.2 Å². The molecule has 0 bridgehead atoms. The van der Waals surface area contributed by atoms with Crippen molar-refractivity contribution in [2.45, 2.75) is 43.9 Å². The van der Waals surface area contributed by atoms with Crippen molar-refractivity contribution in [1.29, 1.82) is 0 Å². The number of benzene rings is 2. The number of ether oxygens (including phenoxy) is 2. The fourth-order valence-electron chi connectivity index (χ4n) is 7.61. The Morgan fingerprint density at radius 3 is 2.73 bits per heavy atom. The Morgan fingerprint density at radius 1 is 1.06 bits per heavy atom. The predicted octanol–water partition coefficient (Wildman–Crippen LogP) is 6.55. The molecule has 1 amide bonds. The number of carbonyl (C=O) groups is 1. The fraction of sp³-hybridized carbons (Fsp3) is 0.400. The van der Waals surface area contributed by atoms with Crippen LogP contribution in [0.15, 0.2) is 67.0 Å². The summed E-state index contributed by atoms with van der Waals surface area (Å²) in [5, 5.41) is 13.8. The van der Waals surface area contributed by atoms with Crippen LogP contribution < -0.4 is 10.2 Å². The van der Waals surface area contributed by atoms with Crippen molar-refractivity contribution in [3.63, 3.8) is 0 Å². The van der Waals surface area contributed by atoms with E-state index in [1.54, 1.807) is 6.07 Å². The molecular formula is C35H36Cl2N8O3. The van der Waals surface area contributed by atoms with Gasteiger partial charge in [0.05, 0.1) is 21.9 Å². The van der Waals surface area contributed by atoms with Gasteiger partial charge in [-0.3, -0.25) is 4.68 Å². The van der Waals surface area contributed by atoms with Gasteiger partial charge in [-0.15, -0.1) is 0 Å². The lowest BCUT2D eigenvalue weighted by Gasteiger charge is -2.27. The molecule has 0 radical (unpaired) electrons. The van der Waals surface area contributed by atoms with Crippen LogP contribution in [-0.4, -0.2) is 61.9 Å². The molecule has 13 heteroatoms. The summed E-state index contributed by atoms with van der Waals surface area (Å²) < 4.78 is 15.4. The summed E-state index contributed by atoms with van der Waals surface area (Å²) in [6.07, 6.45) is 6.95. The molecule has 3 aromatic heterocycles. The Hall–Kier alpha value is -4.19. The molecule has 48 heavy (non-hydrogen) atoms. The van der Waals surface area contributed by atoms with E-state index in [0.29, 0.717) is 51.5 Å². The van der Waals surface area contributed by atoms with Gasteiger partial charge in [0.1, 0.15) is 23.6 Å². The van der Waals surface area contributed by atoms with E-state index in [2.05, 4.69) is 16.3 Å². The average molecular weight is 688 g/mol. The Bertz CT molecular complexity index is 1960. The second kappa shape index (κ2) is 12.7. The third-order valence-electron chi connectivity index (χ3n) is 10.1. The van der Waals surface area contributed by atoms with Gasteiger partial charge in [0.2, 0.25) is 0 Å². The number of amides is 1. The van der Waals surface area contributed by atoms with Crippen molar-refractivity contribution < 1.29 is 14.3 Å². The summed E-state index contributed by atoms with van der Waals surface area (Å²) in [7, 11) is 1.92. The first-order valence-corrected chi connectivity index (χ1v) is 17.2. The predicted molar refractivity (Wildman–Crippen MR) is 183 cm³/mol. The zero-order chi connectivity index (χ0) is 32.8. The number of aryl methyl sites for hydroxylation is 1. The van der Waals surface area contributed by atoms with Crippen LogP contribution in [0.5, 0.6) is 0 Å². The smallest absolute Gasteiger partial charge is 0.407 e. The van der Waals surface area contributed by atoms with Gasteiger partial charge in [-0.1, -0.05) is 65.7 Å². The molecule has 0 spiro atoms. The number of hydrogen-bond acceptors (Lipinski definition) is 8. The summed E-state index contributed by atoms with van der Waals surface area (Å²) in [6.45, 7) is 2.89. The molecule has 1 N–H and O–H groups in total. The van der Waals surface area contributed by atoms with Crippen molar-refractivity contribution in [3.05, 3.63) is 88.3 Å². The van der Waals surface area contributed by atoms with Gasteiger partial charge in [-0.05, 0) is 55.2 Å². The van der Waals surface area contributed by atoms with Crippen molar-refractivity contribution in [1.82, 2.24) is 34.8 Å². The number of hydrogen-bond donors (Lipinski definition) is 1. The molecule has 2 saturated heterocycles. The third-order valence-corrected chi connectivity index (χ3v) is 10.9. The van der Waals surface area contributed by atoms with E-state index in [0.717, 1.165) is 55.8 Å². The number of nitrogens with zero attached hydrogens (tertiary/aromatic N) is 7. The van der Waals surface area contributed by atoms with Crippen LogP contribution in [0.2, 0.25) is 10.0 Å². The van der Waals surface area contributed by atoms with Gasteiger partial charge in [0.15, 0.2) is 11.9 Å². The quantitative estimate of drug-likeness (QED) is 0.196. The topological polar surface area (TPSA) is 112 Å². The first kappa shape index (κ1) is 31.1. The number of nitrogens with one attached hydrogen (secondary N) is 1. The lowest BCUT2D eigenvalue weighted by molar-refractivity contribution is -0.0368. The van der Waals surface area contributed by atoms with E-state index in [4.69, 9.17) is 52.8 Å². The second-order valence-electron chi connectivity index (χ2n) is 12.9. The summed E-state index contributed by atoms with van der Waals surface area (Å²) in [6, 6.07) is 17.3. The lowest BCUT2D eigenvalue weighted by atomic mass is 9.97. The molecule has 5 heterocycles. The summed E-state index contributed by atoms with van der Waals surface area (Å²) in [5.74, 6) is 1.41. The Labute approximate surface area is 288 Å². The highest BCUT2D eigenvalue weighted by molar-refractivity contribution is 6.43. The minimum Gasteiger partial charge on any atom is -0.445 e. The van der Waals surface area contributed by atoms with E-state index in [1.165, 1.54) is 0 Å². The SMILES string of the molecule is Cn1ccc(C2(CNC(=O)OCc3ccccc3)C3CCN(c4cnc5c(-c6cccc(Cl)c6Cl)nn(C6CCCCO6)c5n4)CC32)n1. The number of carbonyl (C=O) groups excluding carboxylic acids is 1. The van der Waals surface area contributed by atoms with E-state index in [1.807, 2.05) is 71.3 Å². The number of rotatable bonds is 8. The third kappa shape index (κ3) is 5.57. The van der Waals surface area contributed by atoms with E-state index in [9.17, 15) is 4.79 Å². The zero-order valence-corrected chi connectivity index (χ0v) is 28.1. The van der Waals surface area contributed by atoms with Crippen LogP contribution in [0.25, 0.3) is 22.4 Å². The number of fused-ring (bicyclic) bond motifs is 2. The second-order valence-corrected chi connectivity index (χ2v) is 13.7. The van der Waals surface area contributed by atoms with Gasteiger partial charge in [0, 0.05) is 50.5 Å². The molecule has 11 nitrogen and oxygen atoms in total. The van der Waals surface area contributed by atoms with Crippen LogP contribution in [-0.2, 0) is 28.5 Å². The number of piperidine rings is 1. The van der Waals surface area contributed by atoms with Gasteiger partial charge in [0.25, 0.3) is 0 Å². The molecule has 4 unspecified atom stereocenters. The molecule has 1 aliphatic carbocycles. The van der Waals surface area contributed by atoms with Crippen molar-refractivity contribution in [2.75, 3.05) is 31.1 Å². The molecular weight excluding hydrogens is 651 g/mol. The largest absolute Gasteiger partial charge is 0.445 e. The highest BCUT2D eigenvalue weighted by Gasteiger charge is 2.67. The molecule has 2 aromatic carbocycles. The van der Waals surface area contributed by atoms with Crippen LogP contribution in [0, 0.1) is 11.8 Å². The molecule has 1 saturated carbocycles. The van der Waals surface area contributed by atoms with E-state index < -0.39 is 6.09 Å². The van der Waals surface area contributed by atoms with Crippen molar-refractivity contribution in [2.24, 2.45) is 18.9 Å². The molecule has 3 fully saturated rings. The van der Waals surface area contributed by atoms with Gasteiger partial charge >= 0.3 is 6.09 Å².